The molecule has 0 bridgehead atoms. The maximum Gasteiger partial charge on any atom is 0.270 e. The van der Waals surface area contributed by atoms with Crippen LogP contribution in [-0.2, 0) is 0 Å². The van der Waals surface area contributed by atoms with Crippen LogP contribution in [0.25, 0.3) is 5.69 Å². The van der Waals surface area contributed by atoms with Crippen molar-refractivity contribution in [3.05, 3.63) is 88.2 Å². The Morgan fingerprint density at radius 2 is 1.92 bits per heavy atom. The molecule has 1 atom stereocenters. The number of nitrogens with one attached hydrogen (secondary N) is 1. The molecular formula is C20H16BrN3O. The number of nitriles is 1. The molecule has 1 N–H and O–H groups in total. The van der Waals surface area contributed by atoms with Gasteiger partial charge in [0.1, 0.15) is 11.8 Å². The van der Waals surface area contributed by atoms with E-state index in [2.05, 4.69) is 27.3 Å². The monoisotopic (exact) mass is 393 g/mol. The van der Waals surface area contributed by atoms with Crippen molar-refractivity contribution in [1.82, 2.24) is 9.88 Å². The molecule has 25 heavy (non-hydrogen) atoms. The fourth-order valence-corrected chi connectivity index (χ4v) is 3.07. The fraction of sp³-hybridized carbons (Fsp3) is 0.100. The van der Waals surface area contributed by atoms with Crippen molar-refractivity contribution in [2.75, 3.05) is 0 Å². The second kappa shape index (κ2) is 7.37. The maximum absolute atomic E-state index is 12.9. The third-order valence-electron chi connectivity index (χ3n) is 3.96. The molecule has 2 aromatic carbocycles. The minimum Gasteiger partial charge on any atom is -0.344 e. The number of benzene rings is 2. The summed E-state index contributed by atoms with van der Waals surface area (Å²) in [7, 11) is 0. The number of aromatic nitrogens is 1. The Balaban J connectivity index is 1.95. The van der Waals surface area contributed by atoms with Gasteiger partial charge in [-0.25, -0.2) is 0 Å². The predicted octanol–water partition coefficient (Wildman–Crippen LogP) is 4.60. The lowest BCUT2D eigenvalue weighted by Gasteiger charge is -2.16. The van der Waals surface area contributed by atoms with Gasteiger partial charge in [0.15, 0.2) is 0 Å². The van der Waals surface area contributed by atoms with Gasteiger partial charge in [0.05, 0.1) is 11.6 Å². The maximum atomic E-state index is 12.9. The van der Waals surface area contributed by atoms with Crippen molar-refractivity contribution >= 4 is 21.8 Å². The SMILES string of the molecule is CC(NC(=O)c1c(C#N)ccn1-c1cccc(Br)c1)c1ccccc1. The first-order valence-electron chi connectivity index (χ1n) is 7.83. The van der Waals surface area contributed by atoms with Crippen molar-refractivity contribution in [2.24, 2.45) is 0 Å². The molecule has 0 aliphatic heterocycles. The molecule has 0 spiro atoms. The highest BCUT2D eigenvalue weighted by Gasteiger charge is 2.20. The summed E-state index contributed by atoms with van der Waals surface area (Å²) in [5, 5.41) is 12.4. The van der Waals surface area contributed by atoms with Crippen LogP contribution in [0.1, 0.15) is 34.6 Å². The van der Waals surface area contributed by atoms with Crippen molar-refractivity contribution in [1.29, 1.82) is 5.26 Å². The van der Waals surface area contributed by atoms with E-state index in [9.17, 15) is 10.1 Å². The molecule has 0 saturated carbocycles. The third kappa shape index (κ3) is 3.65. The van der Waals surface area contributed by atoms with Gasteiger partial charge in [-0.2, -0.15) is 5.26 Å². The normalized spacial score (nSPS) is 11.6. The van der Waals surface area contributed by atoms with Crippen molar-refractivity contribution in [2.45, 2.75) is 13.0 Å². The number of hydrogen-bond donors (Lipinski definition) is 1. The van der Waals surface area contributed by atoms with Crippen LogP contribution in [0.4, 0.5) is 0 Å². The van der Waals surface area contributed by atoms with E-state index < -0.39 is 0 Å². The summed E-state index contributed by atoms with van der Waals surface area (Å²) in [6, 6.07) is 20.9. The van der Waals surface area contributed by atoms with Crippen molar-refractivity contribution in [3.8, 4) is 11.8 Å². The molecule has 3 aromatic rings. The van der Waals surface area contributed by atoms with E-state index in [0.29, 0.717) is 11.3 Å². The molecule has 1 heterocycles. The van der Waals surface area contributed by atoms with E-state index in [4.69, 9.17) is 0 Å². The van der Waals surface area contributed by atoms with Crippen LogP contribution in [0.2, 0.25) is 0 Å². The number of hydrogen-bond acceptors (Lipinski definition) is 2. The average molecular weight is 394 g/mol. The molecular weight excluding hydrogens is 378 g/mol. The Morgan fingerprint density at radius 3 is 2.60 bits per heavy atom. The summed E-state index contributed by atoms with van der Waals surface area (Å²) in [4.78, 5) is 12.9. The fourth-order valence-electron chi connectivity index (χ4n) is 2.69. The van der Waals surface area contributed by atoms with Crippen LogP contribution in [-0.4, -0.2) is 10.5 Å². The molecule has 3 rings (SSSR count). The van der Waals surface area contributed by atoms with Crippen molar-refractivity contribution < 1.29 is 4.79 Å². The first-order chi connectivity index (χ1) is 12.1. The van der Waals surface area contributed by atoms with E-state index in [0.717, 1.165) is 15.7 Å². The molecule has 1 amide bonds. The Labute approximate surface area is 154 Å². The first-order valence-corrected chi connectivity index (χ1v) is 8.62. The Hall–Kier alpha value is -2.84. The highest BCUT2D eigenvalue weighted by molar-refractivity contribution is 9.10. The lowest BCUT2D eigenvalue weighted by atomic mass is 10.1. The summed E-state index contributed by atoms with van der Waals surface area (Å²) >= 11 is 3.44. The van der Waals surface area contributed by atoms with Gasteiger partial charge >= 0.3 is 0 Å². The molecule has 1 unspecified atom stereocenters. The second-order valence-electron chi connectivity index (χ2n) is 5.65. The standard InChI is InChI=1S/C20H16BrN3O/c1-14(15-6-3-2-4-7-15)23-20(25)19-16(13-22)10-11-24(19)18-9-5-8-17(21)12-18/h2-12,14H,1H3,(H,23,25). The number of amides is 1. The average Bonchev–Trinajstić information content (AvgIpc) is 3.06. The first kappa shape index (κ1) is 17.0. The molecule has 0 saturated heterocycles. The summed E-state index contributed by atoms with van der Waals surface area (Å²) in [6.07, 6.45) is 1.74. The van der Waals surface area contributed by atoms with Gasteiger partial charge in [-0.15, -0.1) is 0 Å². The molecule has 0 aliphatic carbocycles. The van der Waals surface area contributed by atoms with E-state index in [1.54, 1.807) is 16.8 Å². The van der Waals surface area contributed by atoms with Gasteiger partial charge in [-0.1, -0.05) is 52.3 Å². The Kier molecular flexibility index (Phi) is 5.01. The lowest BCUT2D eigenvalue weighted by molar-refractivity contribution is 0.0933. The van der Waals surface area contributed by atoms with E-state index in [1.165, 1.54) is 0 Å². The van der Waals surface area contributed by atoms with E-state index in [-0.39, 0.29) is 11.9 Å². The molecule has 0 fully saturated rings. The topological polar surface area (TPSA) is 57.8 Å². The van der Waals surface area contributed by atoms with Crippen LogP contribution in [0, 0.1) is 11.3 Å². The third-order valence-corrected chi connectivity index (χ3v) is 4.45. The predicted molar refractivity (Wildman–Crippen MR) is 101 cm³/mol. The number of rotatable bonds is 4. The molecule has 5 heteroatoms. The molecule has 0 radical (unpaired) electrons. The lowest BCUT2D eigenvalue weighted by Crippen LogP contribution is -2.29. The van der Waals surface area contributed by atoms with Gasteiger partial charge in [0.25, 0.3) is 5.91 Å². The van der Waals surface area contributed by atoms with Crippen LogP contribution < -0.4 is 5.32 Å². The van der Waals surface area contributed by atoms with Crippen LogP contribution in [0.15, 0.2) is 71.3 Å². The Morgan fingerprint density at radius 1 is 1.16 bits per heavy atom. The number of carbonyl (C=O) groups is 1. The van der Waals surface area contributed by atoms with Gasteiger partial charge in [0, 0.05) is 16.4 Å². The van der Waals surface area contributed by atoms with Gasteiger partial charge < -0.3 is 9.88 Å². The molecule has 1 aromatic heterocycles. The number of halogens is 1. The summed E-state index contributed by atoms with van der Waals surface area (Å²) in [5.41, 5.74) is 2.50. The molecule has 0 aliphatic rings. The van der Waals surface area contributed by atoms with E-state index in [1.807, 2.05) is 61.5 Å². The largest absolute Gasteiger partial charge is 0.344 e. The summed E-state index contributed by atoms with van der Waals surface area (Å²) < 4.78 is 2.64. The number of carbonyl (C=O) groups excluding carboxylic acids is 1. The smallest absolute Gasteiger partial charge is 0.270 e. The minimum atomic E-state index is -0.280. The quantitative estimate of drug-likeness (QED) is 0.703. The highest BCUT2D eigenvalue weighted by Crippen LogP contribution is 2.21. The zero-order valence-electron chi connectivity index (χ0n) is 13.6. The molecule has 124 valence electrons. The molecule has 4 nitrogen and oxygen atoms in total. The number of nitrogens with zero attached hydrogens (tertiary/aromatic N) is 2. The van der Waals surface area contributed by atoms with E-state index >= 15 is 0 Å². The van der Waals surface area contributed by atoms with Crippen LogP contribution in [0.3, 0.4) is 0 Å². The summed E-state index contributed by atoms with van der Waals surface area (Å²) in [6.45, 7) is 1.92. The van der Waals surface area contributed by atoms with Crippen LogP contribution in [0.5, 0.6) is 0 Å². The zero-order valence-corrected chi connectivity index (χ0v) is 15.2. The van der Waals surface area contributed by atoms with Gasteiger partial charge in [-0.3, -0.25) is 4.79 Å². The van der Waals surface area contributed by atoms with Crippen molar-refractivity contribution in [3.63, 3.8) is 0 Å². The Bertz CT molecular complexity index is 941. The second-order valence-corrected chi connectivity index (χ2v) is 6.56. The summed E-state index contributed by atoms with van der Waals surface area (Å²) in [5.74, 6) is -0.280. The zero-order chi connectivity index (χ0) is 17.8. The highest BCUT2D eigenvalue weighted by atomic mass is 79.9. The van der Waals surface area contributed by atoms with Gasteiger partial charge in [-0.05, 0) is 36.8 Å². The van der Waals surface area contributed by atoms with Crippen LogP contribution >= 0.6 is 15.9 Å². The van der Waals surface area contributed by atoms with Gasteiger partial charge in [0.2, 0.25) is 0 Å². The minimum absolute atomic E-state index is 0.161.